The highest BCUT2D eigenvalue weighted by Crippen LogP contribution is 2.14. The highest BCUT2D eigenvalue weighted by molar-refractivity contribution is 7.86. The van der Waals surface area contributed by atoms with Gasteiger partial charge in [0.1, 0.15) is 0 Å². The molecule has 2 rings (SSSR count). The van der Waals surface area contributed by atoms with Crippen molar-refractivity contribution in [1.82, 2.24) is 0 Å². The molecule has 0 heterocycles. The van der Waals surface area contributed by atoms with Gasteiger partial charge in [-0.25, -0.2) is 0 Å². The molecule has 0 aliphatic carbocycles. The van der Waals surface area contributed by atoms with Crippen LogP contribution in [0.2, 0.25) is 0 Å². The van der Waals surface area contributed by atoms with Crippen LogP contribution >= 0.6 is 0 Å². The van der Waals surface area contributed by atoms with Crippen molar-refractivity contribution in [3.05, 3.63) is 76.2 Å². The van der Waals surface area contributed by atoms with Crippen molar-refractivity contribution in [2.75, 3.05) is 13.2 Å². The first-order valence-corrected chi connectivity index (χ1v) is 9.63. The Morgan fingerprint density at radius 1 is 1.11 bits per heavy atom. The molecule has 0 fully saturated rings. The fraction of sp³-hybridized carbons (Fsp3) is 0.333. The van der Waals surface area contributed by atoms with E-state index in [-0.39, 0.29) is 18.1 Å². The van der Waals surface area contributed by atoms with Crippen molar-refractivity contribution < 1.29 is 22.4 Å². The summed E-state index contributed by atoms with van der Waals surface area (Å²) in [4.78, 5) is 2.66. The van der Waals surface area contributed by atoms with Gasteiger partial charge in [0.25, 0.3) is 10.1 Å². The van der Waals surface area contributed by atoms with Crippen molar-refractivity contribution >= 4 is 10.1 Å². The summed E-state index contributed by atoms with van der Waals surface area (Å²) < 4.78 is 34.7. The molecule has 0 radical (unpaired) electrons. The second kappa shape index (κ2) is 10.1. The van der Waals surface area contributed by atoms with E-state index in [9.17, 15) is 13.5 Å². The van der Waals surface area contributed by atoms with Crippen LogP contribution in [0.3, 0.4) is 0 Å². The molecule has 0 spiro atoms. The monoisotopic (exact) mass is 391 g/mol. The Bertz CT molecular complexity index is 866. The minimum absolute atomic E-state index is 0.0130. The van der Waals surface area contributed by atoms with Crippen molar-refractivity contribution in [3.63, 3.8) is 0 Å². The lowest BCUT2D eigenvalue weighted by molar-refractivity contribution is 0.0336. The molecule has 0 aromatic heterocycles. The van der Waals surface area contributed by atoms with Crippen molar-refractivity contribution in [1.29, 1.82) is 0 Å². The van der Waals surface area contributed by atoms with Gasteiger partial charge < -0.3 is 9.84 Å². The van der Waals surface area contributed by atoms with E-state index in [1.54, 1.807) is 12.1 Å². The summed E-state index contributed by atoms with van der Waals surface area (Å²) >= 11 is 0. The van der Waals surface area contributed by atoms with Crippen LogP contribution in [-0.2, 0) is 25.6 Å². The van der Waals surface area contributed by atoms with Crippen molar-refractivity contribution in [2.45, 2.75) is 30.6 Å². The van der Waals surface area contributed by atoms with E-state index >= 15 is 0 Å². The lowest BCUT2D eigenvalue weighted by Crippen LogP contribution is -2.33. The number of azide groups is 1. The largest absolute Gasteiger partial charge is 0.390 e. The summed E-state index contributed by atoms with van der Waals surface area (Å²) in [6.07, 6.45) is -1.34. The third kappa shape index (κ3) is 6.67. The van der Waals surface area contributed by atoms with E-state index in [0.29, 0.717) is 0 Å². The molecule has 9 heteroatoms. The SMILES string of the molecule is Cc1ccc(S(=O)(=O)OC[C@H](O)[C@H](COCc2ccccc2)N=[N+]=[N-])cc1. The molecule has 2 aromatic rings. The summed E-state index contributed by atoms with van der Waals surface area (Å²) in [5.74, 6) is 0. The molecule has 27 heavy (non-hydrogen) atoms. The minimum Gasteiger partial charge on any atom is -0.390 e. The van der Waals surface area contributed by atoms with E-state index in [4.69, 9.17) is 14.5 Å². The number of aliphatic hydroxyl groups is 1. The van der Waals surface area contributed by atoms with Gasteiger partial charge >= 0.3 is 0 Å². The first-order chi connectivity index (χ1) is 12.9. The van der Waals surface area contributed by atoms with E-state index < -0.39 is 28.9 Å². The normalized spacial score (nSPS) is 13.6. The van der Waals surface area contributed by atoms with E-state index in [1.807, 2.05) is 37.3 Å². The Labute approximate surface area is 158 Å². The summed E-state index contributed by atoms with van der Waals surface area (Å²) in [6, 6.07) is 14.5. The third-order valence-electron chi connectivity index (χ3n) is 3.75. The molecule has 0 saturated carbocycles. The maximum Gasteiger partial charge on any atom is 0.297 e. The zero-order chi connectivity index (χ0) is 19.7. The fourth-order valence-electron chi connectivity index (χ4n) is 2.20. The maximum atomic E-state index is 12.2. The zero-order valence-corrected chi connectivity index (χ0v) is 15.6. The van der Waals surface area contributed by atoms with Gasteiger partial charge in [-0.1, -0.05) is 53.1 Å². The molecule has 0 bridgehead atoms. The Morgan fingerprint density at radius 3 is 2.41 bits per heavy atom. The van der Waals surface area contributed by atoms with Crippen LogP contribution < -0.4 is 0 Å². The highest BCUT2D eigenvalue weighted by atomic mass is 32.2. The summed E-state index contributed by atoms with van der Waals surface area (Å²) in [6.45, 7) is 1.48. The average molecular weight is 391 g/mol. The number of aryl methyl sites for hydroxylation is 1. The minimum atomic E-state index is -4.02. The van der Waals surface area contributed by atoms with Crippen LogP contribution in [0, 0.1) is 6.92 Å². The predicted molar refractivity (Wildman–Crippen MR) is 99.4 cm³/mol. The van der Waals surface area contributed by atoms with Crippen molar-refractivity contribution in [2.24, 2.45) is 5.11 Å². The number of aliphatic hydroxyl groups excluding tert-OH is 1. The van der Waals surface area contributed by atoms with Crippen molar-refractivity contribution in [3.8, 4) is 0 Å². The summed E-state index contributed by atoms with van der Waals surface area (Å²) in [5.41, 5.74) is 10.5. The van der Waals surface area contributed by atoms with Crippen LogP contribution in [0.25, 0.3) is 10.4 Å². The molecule has 8 nitrogen and oxygen atoms in total. The molecule has 0 aliphatic heterocycles. The fourth-order valence-corrected chi connectivity index (χ4v) is 3.13. The third-order valence-corrected chi connectivity index (χ3v) is 5.04. The Hall–Kier alpha value is -2.42. The Morgan fingerprint density at radius 2 is 1.78 bits per heavy atom. The summed E-state index contributed by atoms with van der Waals surface area (Å²) in [5, 5.41) is 13.6. The number of hydrogen-bond acceptors (Lipinski definition) is 6. The van der Waals surface area contributed by atoms with Gasteiger partial charge in [0.2, 0.25) is 0 Å². The number of benzene rings is 2. The number of nitrogens with zero attached hydrogens (tertiary/aromatic N) is 3. The Balaban J connectivity index is 1.90. The first-order valence-electron chi connectivity index (χ1n) is 8.22. The van der Waals surface area contributed by atoms with Crippen LogP contribution in [0.15, 0.2) is 64.6 Å². The second-order valence-corrected chi connectivity index (χ2v) is 7.51. The van der Waals surface area contributed by atoms with Gasteiger partial charge in [0, 0.05) is 4.91 Å². The van der Waals surface area contributed by atoms with Crippen LogP contribution in [0.1, 0.15) is 11.1 Å². The maximum absolute atomic E-state index is 12.2. The highest BCUT2D eigenvalue weighted by Gasteiger charge is 2.23. The van der Waals surface area contributed by atoms with E-state index in [1.165, 1.54) is 12.1 Å². The molecule has 0 aliphatic rings. The molecule has 0 saturated heterocycles. The van der Waals surface area contributed by atoms with Gasteiger partial charge in [-0.15, -0.1) is 0 Å². The second-order valence-electron chi connectivity index (χ2n) is 5.89. The first kappa shape index (κ1) is 20.9. The molecule has 2 aromatic carbocycles. The van der Waals surface area contributed by atoms with Gasteiger partial charge in [-0.05, 0) is 30.2 Å². The predicted octanol–water partition coefficient (Wildman–Crippen LogP) is 2.96. The molecular formula is C18H21N3O5S. The average Bonchev–Trinajstić information content (AvgIpc) is 2.67. The lowest BCUT2D eigenvalue weighted by atomic mass is 10.2. The molecule has 144 valence electrons. The standard InChI is InChI=1S/C18H21N3O5S/c1-14-7-9-16(10-8-14)27(23,24)26-13-18(22)17(20-21-19)12-25-11-15-5-3-2-4-6-15/h2-10,17-18,22H,11-13H2,1H3/t17-,18-/m0/s1. The number of hydrogen-bond donors (Lipinski definition) is 1. The molecule has 1 N–H and O–H groups in total. The van der Waals surface area contributed by atoms with Crippen LogP contribution in [-0.4, -0.2) is 38.9 Å². The molecule has 2 atom stereocenters. The Kier molecular flexibility index (Phi) is 7.78. The summed E-state index contributed by atoms with van der Waals surface area (Å²) in [7, 11) is -4.02. The smallest absolute Gasteiger partial charge is 0.297 e. The zero-order valence-electron chi connectivity index (χ0n) is 14.8. The van der Waals surface area contributed by atoms with Crippen LogP contribution in [0.5, 0.6) is 0 Å². The van der Waals surface area contributed by atoms with Crippen LogP contribution in [0.4, 0.5) is 0 Å². The van der Waals surface area contributed by atoms with Gasteiger partial charge in [-0.3, -0.25) is 4.18 Å². The van der Waals surface area contributed by atoms with E-state index in [0.717, 1.165) is 11.1 Å². The lowest BCUT2D eigenvalue weighted by Gasteiger charge is -2.18. The molecular weight excluding hydrogens is 370 g/mol. The quantitative estimate of drug-likeness (QED) is 0.289. The number of ether oxygens (including phenoxy) is 1. The van der Waals surface area contributed by atoms with Gasteiger partial charge in [-0.2, -0.15) is 8.42 Å². The van der Waals surface area contributed by atoms with Gasteiger partial charge in [0.15, 0.2) is 0 Å². The number of rotatable bonds is 10. The van der Waals surface area contributed by atoms with Gasteiger partial charge in [0.05, 0.1) is 36.9 Å². The van der Waals surface area contributed by atoms with E-state index in [2.05, 4.69) is 10.0 Å². The topological polar surface area (TPSA) is 122 Å². The molecule has 0 amide bonds. The molecule has 0 unspecified atom stereocenters.